The van der Waals surface area contributed by atoms with Gasteiger partial charge in [0, 0.05) is 33.1 Å². The molecule has 0 atom stereocenters. The SMILES string of the molecule is O=S(=O)(Cl)Cl.c1ccc2[nH]ccc2c1.c1ccccc1. The van der Waals surface area contributed by atoms with E-state index in [1.807, 2.05) is 54.7 Å². The van der Waals surface area contributed by atoms with E-state index in [1.54, 1.807) is 0 Å². The summed E-state index contributed by atoms with van der Waals surface area (Å²) >= 11 is 0. The van der Waals surface area contributed by atoms with Crippen molar-refractivity contribution in [2.75, 3.05) is 0 Å². The number of benzene rings is 2. The van der Waals surface area contributed by atoms with E-state index in [4.69, 9.17) is 8.42 Å². The second kappa shape index (κ2) is 8.64. The van der Waals surface area contributed by atoms with Crippen molar-refractivity contribution in [3.63, 3.8) is 0 Å². The molecule has 1 aromatic heterocycles. The Morgan fingerprint density at radius 1 is 0.750 bits per heavy atom. The third kappa shape index (κ3) is 8.58. The van der Waals surface area contributed by atoms with E-state index in [-0.39, 0.29) is 0 Å². The summed E-state index contributed by atoms with van der Waals surface area (Å²) < 4.78 is 18.3. The smallest absolute Gasteiger partial charge is 0.317 e. The van der Waals surface area contributed by atoms with E-state index in [1.165, 1.54) is 10.9 Å². The van der Waals surface area contributed by atoms with E-state index in [0.717, 1.165) is 0 Å². The molecular weight excluding hydrogens is 317 g/mol. The van der Waals surface area contributed by atoms with Gasteiger partial charge in [-0.15, -0.1) is 0 Å². The molecule has 106 valence electrons. The number of nitrogens with one attached hydrogen (secondary N) is 1. The summed E-state index contributed by atoms with van der Waals surface area (Å²) in [6.07, 6.45) is 1.95. The third-order valence-electron chi connectivity index (χ3n) is 2.13. The minimum absolute atomic E-state index is 1.21. The van der Waals surface area contributed by atoms with Gasteiger partial charge in [0.15, 0.2) is 0 Å². The summed E-state index contributed by atoms with van der Waals surface area (Å²) in [5, 5.41) is 1.28. The number of para-hydroxylation sites is 1. The molecule has 0 saturated heterocycles. The van der Waals surface area contributed by atoms with Gasteiger partial charge in [-0.25, -0.2) is 0 Å². The van der Waals surface area contributed by atoms with Crippen molar-refractivity contribution in [2.24, 2.45) is 0 Å². The molecule has 0 radical (unpaired) electrons. The molecule has 0 amide bonds. The van der Waals surface area contributed by atoms with E-state index in [9.17, 15) is 0 Å². The predicted molar refractivity (Wildman–Crippen MR) is 85.4 cm³/mol. The van der Waals surface area contributed by atoms with Gasteiger partial charge in [0.05, 0.1) is 0 Å². The van der Waals surface area contributed by atoms with Gasteiger partial charge in [-0.05, 0) is 17.5 Å². The molecule has 3 aromatic rings. The van der Waals surface area contributed by atoms with Crippen molar-refractivity contribution in [2.45, 2.75) is 0 Å². The number of hydrogen-bond acceptors (Lipinski definition) is 2. The molecule has 0 saturated carbocycles. The molecule has 0 fully saturated rings. The van der Waals surface area contributed by atoms with Crippen LogP contribution in [0.3, 0.4) is 0 Å². The number of halogens is 2. The van der Waals surface area contributed by atoms with Crippen molar-refractivity contribution < 1.29 is 8.42 Å². The predicted octanol–water partition coefficient (Wildman–Crippen LogP) is 4.56. The Balaban J connectivity index is 0.000000160. The lowest BCUT2D eigenvalue weighted by atomic mass is 10.3. The number of rotatable bonds is 0. The normalized spacial score (nSPS) is 9.90. The maximum absolute atomic E-state index is 9.16. The Morgan fingerprint density at radius 3 is 1.65 bits per heavy atom. The average molecular weight is 330 g/mol. The fourth-order valence-corrected chi connectivity index (χ4v) is 1.38. The zero-order valence-corrected chi connectivity index (χ0v) is 12.7. The summed E-state index contributed by atoms with van der Waals surface area (Å²) in [4.78, 5) is 3.12. The Morgan fingerprint density at radius 2 is 1.20 bits per heavy atom. The van der Waals surface area contributed by atoms with E-state index < -0.39 is 8.26 Å². The Hall–Kier alpha value is -1.49. The number of fused-ring (bicyclic) bond motifs is 1. The van der Waals surface area contributed by atoms with Crippen LogP contribution >= 0.6 is 21.4 Å². The van der Waals surface area contributed by atoms with Crippen molar-refractivity contribution in [3.8, 4) is 0 Å². The van der Waals surface area contributed by atoms with Gasteiger partial charge in [-0.1, -0.05) is 54.6 Å². The Kier molecular flexibility index (Phi) is 7.15. The zero-order chi connectivity index (χ0) is 14.8. The van der Waals surface area contributed by atoms with Crippen LogP contribution in [0.15, 0.2) is 72.9 Å². The second-order valence-electron chi connectivity index (χ2n) is 3.60. The lowest BCUT2D eigenvalue weighted by molar-refractivity contribution is 0.621. The van der Waals surface area contributed by atoms with E-state index in [0.29, 0.717) is 0 Å². The largest absolute Gasteiger partial charge is 0.361 e. The highest BCUT2D eigenvalue weighted by atomic mass is 36.0. The van der Waals surface area contributed by atoms with E-state index in [2.05, 4.69) is 44.5 Å². The van der Waals surface area contributed by atoms with Gasteiger partial charge in [0.25, 0.3) is 0 Å². The molecule has 0 bridgehead atoms. The van der Waals surface area contributed by atoms with Crippen LogP contribution in [0.5, 0.6) is 0 Å². The topological polar surface area (TPSA) is 49.9 Å². The summed E-state index contributed by atoms with van der Waals surface area (Å²) in [6.45, 7) is 0. The van der Waals surface area contributed by atoms with Crippen molar-refractivity contribution in [3.05, 3.63) is 72.9 Å². The Labute approximate surface area is 127 Å². The van der Waals surface area contributed by atoms with Gasteiger partial charge in [0.2, 0.25) is 0 Å². The van der Waals surface area contributed by atoms with Crippen LogP contribution in [-0.2, 0) is 8.26 Å². The highest BCUT2D eigenvalue weighted by Gasteiger charge is 1.89. The van der Waals surface area contributed by atoms with Crippen molar-refractivity contribution >= 4 is 40.5 Å². The fourth-order valence-electron chi connectivity index (χ4n) is 1.38. The molecule has 0 aliphatic carbocycles. The lowest BCUT2D eigenvalue weighted by Crippen LogP contribution is -1.63. The summed E-state index contributed by atoms with van der Waals surface area (Å²) in [7, 11) is 4.81. The zero-order valence-electron chi connectivity index (χ0n) is 10.4. The Bertz CT molecular complexity index is 647. The average Bonchev–Trinajstić information content (AvgIpc) is 2.88. The molecule has 0 aliphatic rings. The van der Waals surface area contributed by atoms with E-state index >= 15 is 0 Å². The van der Waals surface area contributed by atoms with Gasteiger partial charge >= 0.3 is 8.26 Å². The number of H-pyrrole nitrogens is 1. The van der Waals surface area contributed by atoms with Gasteiger partial charge in [0.1, 0.15) is 0 Å². The number of hydrogen-bond donors (Lipinski definition) is 1. The molecule has 2 aromatic carbocycles. The fraction of sp³-hybridized carbons (Fsp3) is 0. The molecular formula is C14H13Cl2NO2S. The first-order chi connectivity index (χ1) is 9.47. The molecule has 0 aliphatic heterocycles. The summed E-state index contributed by atoms with van der Waals surface area (Å²) in [5.41, 5.74) is 1.21. The van der Waals surface area contributed by atoms with Crippen LogP contribution in [-0.4, -0.2) is 13.4 Å². The third-order valence-corrected chi connectivity index (χ3v) is 2.13. The number of aromatic nitrogens is 1. The van der Waals surface area contributed by atoms with Gasteiger partial charge < -0.3 is 4.98 Å². The molecule has 1 N–H and O–H groups in total. The second-order valence-corrected chi connectivity index (χ2v) is 7.27. The molecule has 0 spiro atoms. The molecule has 0 unspecified atom stereocenters. The first kappa shape index (κ1) is 16.6. The van der Waals surface area contributed by atoms with Crippen LogP contribution < -0.4 is 0 Å². The molecule has 3 rings (SSSR count). The highest BCUT2D eigenvalue weighted by molar-refractivity contribution is 8.31. The molecule has 6 heteroatoms. The summed E-state index contributed by atoms with van der Waals surface area (Å²) in [5.74, 6) is 0. The maximum Gasteiger partial charge on any atom is 0.317 e. The quantitative estimate of drug-likeness (QED) is 0.614. The van der Waals surface area contributed by atoms with Crippen LogP contribution in [0, 0.1) is 0 Å². The van der Waals surface area contributed by atoms with Crippen LogP contribution in [0.2, 0.25) is 0 Å². The molecule has 20 heavy (non-hydrogen) atoms. The minimum Gasteiger partial charge on any atom is -0.361 e. The first-order valence-corrected chi connectivity index (χ1v) is 8.77. The van der Waals surface area contributed by atoms with Gasteiger partial charge in [-0.3, -0.25) is 0 Å². The summed E-state index contributed by atoms with van der Waals surface area (Å²) in [6, 6.07) is 22.3. The lowest BCUT2D eigenvalue weighted by Gasteiger charge is -1.83. The van der Waals surface area contributed by atoms with Crippen LogP contribution in [0.25, 0.3) is 10.9 Å². The van der Waals surface area contributed by atoms with Crippen molar-refractivity contribution in [1.82, 2.24) is 4.98 Å². The molecule has 1 heterocycles. The number of aromatic amines is 1. The van der Waals surface area contributed by atoms with Crippen LogP contribution in [0.1, 0.15) is 0 Å². The standard InChI is InChI=1S/C8H7N.C6H6.Cl2O2S/c1-2-4-8-7(3-1)5-6-9-8;1-2-4-6-5-3-1;1-5(2,3)4/h1-6,9H;1-6H;. The first-order valence-electron chi connectivity index (χ1n) is 5.63. The highest BCUT2D eigenvalue weighted by Crippen LogP contribution is 2.09. The monoisotopic (exact) mass is 329 g/mol. The van der Waals surface area contributed by atoms with Gasteiger partial charge in [-0.2, -0.15) is 8.42 Å². The molecule has 3 nitrogen and oxygen atoms in total. The maximum atomic E-state index is 9.16. The van der Waals surface area contributed by atoms with Crippen LogP contribution in [0.4, 0.5) is 0 Å². The van der Waals surface area contributed by atoms with Crippen molar-refractivity contribution in [1.29, 1.82) is 0 Å². The minimum atomic E-state index is -3.72.